The van der Waals surface area contributed by atoms with Gasteiger partial charge in [-0.25, -0.2) is 0 Å². The van der Waals surface area contributed by atoms with E-state index >= 15 is 0 Å². The highest BCUT2D eigenvalue weighted by atomic mass is 32.2. The minimum atomic E-state index is -0.839. The predicted octanol–water partition coefficient (Wildman–Crippen LogP) is 2.70. The van der Waals surface area contributed by atoms with Crippen molar-refractivity contribution in [2.45, 2.75) is 38.9 Å². The van der Waals surface area contributed by atoms with Gasteiger partial charge in [0, 0.05) is 46.6 Å². The number of benzene rings is 1. The van der Waals surface area contributed by atoms with Crippen LogP contribution in [0.5, 0.6) is 0 Å². The van der Waals surface area contributed by atoms with Gasteiger partial charge in [0.25, 0.3) is 5.91 Å². The van der Waals surface area contributed by atoms with E-state index in [1.807, 2.05) is 32.0 Å². The first-order valence-corrected chi connectivity index (χ1v) is 9.02. The number of hydrogen-bond donors (Lipinski definition) is 2. The van der Waals surface area contributed by atoms with Crippen LogP contribution in [-0.4, -0.2) is 34.7 Å². The van der Waals surface area contributed by atoms with Crippen molar-refractivity contribution in [2.75, 3.05) is 24.7 Å². The molecule has 0 saturated carbocycles. The van der Waals surface area contributed by atoms with Crippen LogP contribution < -0.4 is 10.6 Å². The Kier molecular flexibility index (Phi) is 7.43. The van der Waals surface area contributed by atoms with Crippen LogP contribution in [0, 0.1) is 6.92 Å². The third-order valence-corrected chi connectivity index (χ3v) is 4.83. The first kappa shape index (κ1) is 17.7. The van der Waals surface area contributed by atoms with E-state index in [4.69, 9.17) is 0 Å². The van der Waals surface area contributed by atoms with Crippen LogP contribution in [0.1, 0.15) is 42.6 Å². The van der Waals surface area contributed by atoms with E-state index in [-0.39, 0.29) is 11.2 Å². The Labute approximate surface area is 130 Å². The molecule has 0 aliphatic carbocycles. The number of hydrogen-bond acceptors (Lipinski definition) is 3. The summed E-state index contributed by atoms with van der Waals surface area (Å²) in [5.41, 5.74) is 2.81. The molecule has 1 amide bonds. The van der Waals surface area contributed by atoms with Crippen LogP contribution in [0.4, 0.5) is 5.69 Å². The quantitative estimate of drug-likeness (QED) is 0.776. The fraction of sp³-hybridized carbons (Fsp3) is 0.562. The number of nitrogens with one attached hydrogen (secondary N) is 2. The molecule has 0 aliphatic heterocycles. The number of anilines is 1. The van der Waals surface area contributed by atoms with E-state index < -0.39 is 10.8 Å². The number of carbonyl (C=O) groups is 1. The van der Waals surface area contributed by atoms with Crippen molar-refractivity contribution in [2.24, 2.45) is 0 Å². The van der Waals surface area contributed by atoms with Crippen molar-refractivity contribution in [3.05, 3.63) is 29.3 Å². The smallest absolute Gasteiger partial charge is 0.251 e. The van der Waals surface area contributed by atoms with Gasteiger partial charge >= 0.3 is 0 Å². The molecule has 1 rings (SSSR count). The zero-order valence-corrected chi connectivity index (χ0v) is 14.2. The van der Waals surface area contributed by atoms with Gasteiger partial charge in [-0.3, -0.25) is 9.00 Å². The van der Waals surface area contributed by atoms with Crippen LogP contribution in [-0.2, 0) is 10.8 Å². The lowest BCUT2D eigenvalue weighted by Crippen LogP contribution is -2.27. The van der Waals surface area contributed by atoms with E-state index in [1.54, 1.807) is 6.26 Å². The molecule has 4 nitrogen and oxygen atoms in total. The lowest BCUT2D eigenvalue weighted by atomic mass is 10.1. The molecule has 2 atom stereocenters. The molecular formula is C16H26N2O2S. The SMILES string of the molecule is CCCNc1ccc(C(=O)NCCC(C)S(C)=O)cc1C. The lowest BCUT2D eigenvalue weighted by molar-refractivity contribution is 0.0953. The summed E-state index contributed by atoms with van der Waals surface area (Å²) in [5.74, 6) is -0.0748. The van der Waals surface area contributed by atoms with Crippen LogP contribution in [0.2, 0.25) is 0 Å². The average molecular weight is 310 g/mol. The molecule has 1 aromatic rings. The van der Waals surface area contributed by atoms with E-state index in [9.17, 15) is 9.00 Å². The third kappa shape index (κ3) is 5.87. The second-order valence-electron chi connectivity index (χ2n) is 5.31. The molecule has 0 aromatic heterocycles. The highest BCUT2D eigenvalue weighted by Gasteiger charge is 2.09. The highest BCUT2D eigenvalue weighted by molar-refractivity contribution is 7.84. The number of amides is 1. The summed E-state index contributed by atoms with van der Waals surface area (Å²) in [6.45, 7) is 7.53. The summed E-state index contributed by atoms with van der Waals surface area (Å²) in [6, 6.07) is 5.68. The zero-order chi connectivity index (χ0) is 15.8. The summed E-state index contributed by atoms with van der Waals surface area (Å²) < 4.78 is 11.2. The topological polar surface area (TPSA) is 58.2 Å². The summed E-state index contributed by atoms with van der Waals surface area (Å²) in [5, 5.41) is 6.32. The fourth-order valence-corrected chi connectivity index (χ4v) is 2.37. The van der Waals surface area contributed by atoms with Gasteiger partial charge in [0.2, 0.25) is 0 Å². The first-order valence-electron chi connectivity index (χ1n) is 7.40. The Morgan fingerprint density at radius 1 is 1.33 bits per heavy atom. The van der Waals surface area contributed by atoms with Crippen molar-refractivity contribution >= 4 is 22.4 Å². The molecule has 0 fully saturated rings. The van der Waals surface area contributed by atoms with Gasteiger partial charge in [0.15, 0.2) is 0 Å². The summed E-state index contributed by atoms with van der Waals surface area (Å²) in [6.07, 6.45) is 3.49. The lowest BCUT2D eigenvalue weighted by Gasteiger charge is -2.12. The molecule has 0 saturated heterocycles. The maximum absolute atomic E-state index is 12.1. The Morgan fingerprint density at radius 2 is 2.05 bits per heavy atom. The van der Waals surface area contributed by atoms with Gasteiger partial charge in [0.1, 0.15) is 0 Å². The third-order valence-electron chi connectivity index (χ3n) is 3.46. The predicted molar refractivity (Wildman–Crippen MR) is 90.4 cm³/mol. The molecule has 0 radical (unpaired) electrons. The minimum absolute atomic E-state index is 0.0748. The van der Waals surface area contributed by atoms with Crippen molar-refractivity contribution in [1.29, 1.82) is 0 Å². The average Bonchev–Trinajstić information content (AvgIpc) is 2.45. The number of aryl methyl sites for hydroxylation is 1. The van der Waals surface area contributed by atoms with Gasteiger partial charge in [-0.1, -0.05) is 13.8 Å². The minimum Gasteiger partial charge on any atom is -0.385 e. The molecule has 118 valence electrons. The Bertz CT molecular complexity index is 503. The maximum atomic E-state index is 12.1. The summed E-state index contributed by atoms with van der Waals surface area (Å²) in [7, 11) is -0.839. The largest absolute Gasteiger partial charge is 0.385 e. The van der Waals surface area contributed by atoms with Crippen molar-refractivity contribution < 1.29 is 9.00 Å². The van der Waals surface area contributed by atoms with Crippen LogP contribution in [0.15, 0.2) is 18.2 Å². The van der Waals surface area contributed by atoms with Crippen molar-refractivity contribution in [3.63, 3.8) is 0 Å². The molecular weight excluding hydrogens is 284 g/mol. The van der Waals surface area contributed by atoms with Crippen molar-refractivity contribution in [1.82, 2.24) is 5.32 Å². The Hall–Kier alpha value is -1.36. The molecule has 2 unspecified atom stereocenters. The Balaban J connectivity index is 2.54. The first-order chi connectivity index (χ1) is 9.95. The maximum Gasteiger partial charge on any atom is 0.251 e. The molecule has 0 aliphatic rings. The second-order valence-corrected chi connectivity index (χ2v) is 7.11. The molecule has 2 N–H and O–H groups in total. The van der Waals surface area contributed by atoms with Gasteiger partial charge in [-0.05, 0) is 43.5 Å². The van der Waals surface area contributed by atoms with Gasteiger partial charge in [-0.15, -0.1) is 0 Å². The standard InChI is InChI=1S/C16H26N2O2S/c1-5-9-17-15-7-6-14(11-12(15)2)16(19)18-10-8-13(3)21(4)20/h6-7,11,13,17H,5,8-10H2,1-4H3,(H,18,19). The van der Waals surface area contributed by atoms with Crippen molar-refractivity contribution in [3.8, 4) is 0 Å². The summed E-state index contributed by atoms with van der Waals surface area (Å²) >= 11 is 0. The fourth-order valence-electron chi connectivity index (χ4n) is 1.92. The van der Waals surface area contributed by atoms with E-state index in [0.717, 1.165) is 30.6 Å². The zero-order valence-electron chi connectivity index (χ0n) is 13.4. The van der Waals surface area contributed by atoms with Gasteiger partial charge < -0.3 is 10.6 Å². The van der Waals surface area contributed by atoms with Crippen LogP contribution >= 0.6 is 0 Å². The molecule has 0 spiro atoms. The highest BCUT2D eigenvalue weighted by Crippen LogP contribution is 2.16. The van der Waals surface area contributed by atoms with Gasteiger partial charge in [0.05, 0.1) is 0 Å². The van der Waals surface area contributed by atoms with E-state index in [2.05, 4.69) is 17.6 Å². The summed E-state index contributed by atoms with van der Waals surface area (Å²) in [4.78, 5) is 12.1. The normalized spacial score (nSPS) is 13.5. The molecule has 1 aromatic carbocycles. The molecule has 21 heavy (non-hydrogen) atoms. The molecule has 0 bridgehead atoms. The number of carbonyl (C=O) groups excluding carboxylic acids is 1. The van der Waals surface area contributed by atoms with E-state index in [1.165, 1.54) is 0 Å². The Morgan fingerprint density at radius 3 is 2.62 bits per heavy atom. The molecule has 0 heterocycles. The monoisotopic (exact) mass is 310 g/mol. The van der Waals surface area contributed by atoms with E-state index in [0.29, 0.717) is 12.1 Å². The van der Waals surface area contributed by atoms with Gasteiger partial charge in [-0.2, -0.15) is 0 Å². The number of rotatable bonds is 8. The molecule has 5 heteroatoms. The van der Waals surface area contributed by atoms with Crippen LogP contribution in [0.25, 0.3) is 0 Å². The van der Waals surface area contributed by atoms with Crippen LogP contribution in [0.3, 0.4) is 0 Å². The second kappa shape index (κ2) is 8.82.